The van der Waals surface area contributed by atoms with Gasteiger partial charge in [-0.2, -0.15) is 0 Å². The standard InChI is InChI=1S/C35H40Cl2N4O7S/c1-47-34(44)31-26(21-29(43)41-19-17-39(18-20-41)16-13-28(42)40-14-6-7-15-40)38-27(22-49(46)23-9-4-3-5-10-23)32(35(45)48-2)33(31)30-24(36)11-8-12-25(30)37/h3-5,8-12,33,38H,6-7,13-22H2,1-2H3. The summed E-state index contributed by atoms with van der Waals surface area (Å²) in [5.74, 6) is -3.04. The van der Waals surface area contributed by atoms with Gasteiger partial charge in [-0.1, -0.05) is 47.5 Å². The van der Waals surface area contributed by atoms with Crippen LogP contribution in [0.4, 0.5) is 0 Å². The predicted octanol–water partition coefficient (Wildman–Crippen LogP) is 3.89. The van der Waals surface area contributed by atoms with Gasteiger partial charge in [0.15, 0.2) is 0 Å². The number of likely N-dealkylation sites (tertiary alicyclic amines) is 1. The molecule has 2 aromatic carbocycles. The lowest BCUT2D eigenvalue weighted by Gasteiger charge is -2.36. The molecule has 2 saturated heterocycles. The third-order valence-electron chi connectivity index (χ3n) is 9.06. The molecule has 0 aromatic heterocycles. The van der Waals surface area contributed by atoms with E-state index in [1.165, 1.54) is 14.2 Å². The highest BCUT2D eigenvalue weighted by Crippen LogP contribution is 2.45. The zero-order valence-electron chi connectivity index (χ0n) is 27.5. The molecule has 3 aliphatic heterocycles. The Kier molecular flexibility index (Phi) is 12.5. The number of halogens is 2. The molecule has 14 heteroatoms. The highest BCUT2D eigenvalue weighted by molar-refractivity contribution is 7.85. The molecular formula is C35H40Cl2N4O7S. The zero-order chi connectivity index (χ0) is 35.1. The smallest absolute Gasteiger partial charge is 0.336 e. The molecule has 5 rings (SSSR count). The van der Waals surface area contributed by atoms with E-state index in [0.29, 0.717) is 44.0 Å². The van der Waals surface area contributed by atoms with Crippen LogP contribution in [0.2, 0.25) is 10.0 Å². The van der Waals surface area contributed by atoms with E-state index < -0.39 is 28.7 Å². The van der Waals surface area contributed by atoms with Crippen LogP contribution >= 0.6 is 23.2 Å². The predicted molar refractivity (Wildman–Crippen MR) is 186 cm³/mol. The van der Waals surface area contributed by atoms with Gasteiger partial charge in [-0.3, -0.25) is 18.7 Å². The van der Waals surface area contributed by atoms with Gasteiger partial charge in [0.25, 0.3) is 0 Å². The fourth-order valence-electron chi connectivity index (χ4n) is 6.49. The van der Waals surface area contributed by atoms with Crippen molar-refractivity contribution in [2.45, 2.75) is 36.5 Å². The first kappa shape index (κ1) is 36.6. The Morgan fingerprint density at radius 2 is 1.35 bits per heavy atom. The molecule has 0 saturated carbocycles. The molecular weight excluding hydrogens is 691 g/mol. The quantitative estimate of drug-likeness (QED) is 0.343. The minimum atomic E-state index is -1.63. The van der Waals surface area contributed by atoms with Crippen molar-refractivity contribution in [1.29, 1.82) is 0 Å². The number of hydrogen-bond acceptors (Lipinski definition) is 9. The largest absolute Gasteiger partial charge is 0.466 e. The number of rotatable bonds is 11. The number of benzene rings is 2. The third-order valence-corrected chi connectivity index (χ3v) is 11.1. The average molecular weight is 732 g/mol. The number of piperazine rings is 1. The van der Waals surface area contributed by atoms with Gasteiger partial charge in [-0.15, -0.1) is 0 Å². The normalized spacial score (nSPS) is 19.1. The van der Waals surface area contributed by atoms with E-state index in [0.717, 1.165) is 25.9 Å². The molecule has 3 heterocycles. The minimum absolute atomic E-state index is 0.0181. The third kappa shape index (κ3) is 8.54. The van der Waals surface area contributed by atoms with Gasteiger partial charge in [0.2, 0.25) is 11.8 Å². The summed E-state index contributed by atoms with van der Waals surface area (Å²) in [5.41, 5.74) is 0.593. The molecule has 3 aliphatic rings. The van der Waals surface area contributed by atoms with Crippen LogP contribution in [0.1, 0.15) is 37.2 Å². The Labute approximate surface area is 298 Å². The second-order valence-corrected chi connectivity index (χ2v) is 14.3. The van der Waals surface area contributed by atoms with Crippen molar-refractivity contribution >= 4 is 57.8 Å². The molecule has 0 bridgehead atoms. The number of dihydropyridines is 1. The maximum absolute atomic E-state index is 13.9. The number of nitrogens with zero attached hydrogens (tertiary/aromatic N) is 3. The lowest BCUT2D eigenvalue weighted by Crippen LogP contribution is -2.49. The second kappa shape index (κ2) is 16.8. The van der Waals surface area contributed by atoms with Crippen molar-refractivity contribution < 1.29 is 32.9 Å². The van der Waals surface area contributed by atoms with Crippen molar-refractivity contribution in [3.63, 3.8) is 0 Å². The van der Waals surface area contributed by atoms with Crippen molar-refractivity contribution in [3.05, 3.63) is 86.7 Å². The highest BCUT2D eigenvalue weighted by atomic mass is 35.5. The van der Waals surface area contributed by atoms with Gasteiger partial charge in [0, 0.05) is 84.1 Å². The fourth-order valence-corrected chi connectivity index (χ4v) is 8.22. The molecule has 2 amide bonds. The molecule has 49 heavy (non-hydrogen) atoms. The minimum Gasteiger partial charge on any atom is -0.466 e. The van der Waals surface area contributed by atoms with Gasteiger partial charge in [0.05, 0.1) is 54.3 Å². The van der Waals surface area contributed by atoms with E-state index in [9.17, 15) is 23.4 Å². The van der Waals surface area contributed by atoms with Crippen molar-refractivity contribution in [1.82, 2.24) is 20.0 Å². The van der Waals surface area contributed by atoms with E-state index in [1.807, 2.05) is 4.90 Å². The van der Waals surface area contributed by atoms with Gasteiger partial charge < -0.3 is 24.6 Å². The SMILES string of the molecule is COC(=O)C1=C(CC(=O)N2CCN(CCC(=O)N3CCCC3)CC2)NC(CS(=O)c2ccccc2)=C(C(=O)OC)C1c1c(Cl)cccc1Cl. The topological polar surface area (TPSA) is 126 Å². The summed E-state index contributed by atoms with van der Waals surface area (Å²) in [6.45, 7) is 4.34. The summed E-state index contributed by atoms with van der Waals surface area (Å²) < 4.78 is 24.0. The molecule has 2 fully saturated rings. The van der Waals surface area contributed by atoms with Crippen molar-refractivity contribution in [2.75, 3.05) is 65.8 Å². The number of amides is 2. The summed E-state index contributed by atoms with van der Waals surface area (Å²) in [7, 11) is 0.778. The first-order valence-electron chi connectivity index (χ1n) is 16.2. The first-order valence-corrected chi connectivity index (χ1v) is 18.2. The monoisotopic (exact) mass is 730 g/mol. The zero-order valence-corrected chi connectivity index (χ0v) is 29.9. The Morgan fingerprint density at radius 3 is 1.94 bits per heavy atom. The van der Waals surface area contributed by atoms with Gasteiger partial charge in [-0.25, -0.2) is 9.59 Å². The van der Waals surface area contributed by atoms with E-state index in [-0.39, 0.29) is 62.1 Å². The number of carbonyl (C=O) groups excluding carboxylic acids is 4. The number of hydrogen-bond donors (Lipinski definition) is 1. The summed E-state index contributed by atoms with van der Waals surface area (Å²) >= 11 is 13.4. The van der Waals surface area contributed by atoms with Gasteiger partial charge >= 0.3 is 11.9 Å². The van der Waals surface area contributed by atoms with E-state index in [1.54, 1.807) is 53.4 Å². The summed E-state index contributed by atoms with van der Waals surface area (Å²) in [6, 6.07) is 13.5. The van der Waals surface area contributed by atoms with Crippen LogP contribution in [0.25, 0.3) is 0 Å². The molecule has 2 unspecified atom stereocenters. The number of esters is 2. The lowest BCUT2D eigenvalue weighted by molar-refractivity contribution is -0.137. The molecule has 2 aromatic rings. The van der Waals surface area contributed by atoms with Crippen LogP contribution in [0.15, 0.2) is 76.0 Å². The Hall–Kier alpha value is -3.71. The Bertz CT molecular complexity index is 1650. The number of ether oxygens (including phenoxy) is 2. The van der Waals surface area contributed by atoms with Crippen LogP contribution in [-0.4, -0.2) is 108 Å². The molecule has 11 nitrogen and oxygen atoms in total. The molecule has 1 N–H and O–H groups in total. The Balaban J connectivity index is 1.45. The summed E-state index contributed by atoms with van der Waals surface area (Å²) in [4.78, 5) is 59.9. The van der Waals surface area contributed by atoms with E-state index in [4.69, 9.17) is 32.7 Å². The Morgan fingerprint density at radius 1 is 0.776 bits per heavy atom. The number of nitrogens with one attached hydrogen (secondary N) is 1. The number of carbonyl (C=O) groups is 4. The fraction of sp³-hybridized carbons (Fsp3) is 0.429. The van der Waals surface area contributed by atoms with Gasteiger partial charge in [-0.05, 0) is 37.1 Å². The molecule has 0 spiro atoms. The highest BCUT2D eigenvalue weighted by Gasteiger charge is 2.42. The van der Waals surface area contributed by atoms with Crippen molar-refractivity contribution in [2.24, 2.45) is 0 Å². The molecule has 262 valence electrons. The summed E-state index contributed by atoms with van der Waals surface area (Å²) in [6.07, 6.45) is 2.30. The summed E-state index contributed by atoms with van der Waals surface area (Å²) in [5, 5.41) is 3.49. The first-order chi connectivity index (χ1) is 23.6. The maximum Gasteiger partial charge on any atom is 0.336 e. The number of methoxy groups -OCH3 is 2. The van der Waals surface area contributed by atoms with Crippen LogP contribution in [0.3, 0.4) is 0 Å². The van der Waals surface area contributed by atoms with Crippen molar-refractivity contribution in [3.8, 4) is 0 Å². The van der Waals surface area contributed by atoms with Crippen LogP contribution in [0.5, 0.6) is 0 Å². The van der Waals surface area contributed by atoms with E-state index in [2.05, 4.69) is 10.2 Å². The molecule has 0 aliphatic carbocycles. The molecule has 0 radical (unpaired) electrons. The van der Waals surface area contributed by atoms with E-state index >= 15 is 0 Å². The second-order valence-electron chi connectivity index (χ2n) is 12.0. The average Bonchev–Trinajstić information content (AvgIpc) is 3.66. The lowest BCUT2D eigenvalue weighted by atomic mass is 9.79. The van der Waals surface area contributed by atoms with Crippen LogP contribution in [0, 0.1) is 0 Å². The van der Waals surface area contributed by atoms with Crippen LogP contribution < -0.4 is 5.32 Å². The van der Waals surface area contributed by atoms with Gasteiger partial charge in [0.1, 0.15) is 0 Å². The molecule has 2 atom stereocenters. The maximum atomic E-state index is 13.9. The van der Waals surface area contributed by atoms with Crippen LogP contribution in [-0.2, 0) is 39.5 Å².